The largest absolute Gasteiger partial charge is 1.00 e. The summed E-state index contributed by atoms with van der Waals surface area (Å²) in [6.45, 7) is -0.929. The number of aliphatic hydroxyl groups excluding tert-OH is 1. The van der Waals surface area contributed by atoms with Gasteiger partial charge in [-0.3, -0.25) is 0 Å². The Morgan fingerprint density at radius 1 is 1.60 bits per heavy atom. The quantitative estimate of drug-likeness (QED) is 0.353. The van der Waals surface area contributed by atoms with E-state index in [2.05, 4.69) is 0 Å². The molecule has 0 aliphatic carbocycles. The monoisotopic (exact) mass is 180 g/mol. The van der Waals surface area contributed by atoms with Crippen molar-refractivity contribution < 1.29 is 52.0 Å². The zero-order valence-corrected chi connectivity index (χ0v) is 8.27. The van der Waals surface area contributed by atoms with E-state index in [9.17, 15) is 17.4 Å². The number of hydrogen-bond acceptors (Lipinski definition) is 4. The van der Waals surface area contributed by atoms with E-state index >= 15 is 0 Å². The molecule has 0 aliphatic rings. The van der Waals surface area contributed by atoms with Crippen LogP contribution in [0.3, 0.4) is 0 Å². The molecule has 0 spiro atoms. The summed E-state index contributed by atoms with van der Waals surface area (Å²) in [5.74, 6) is -1.15. The molecule has 0 heterocycles. The van der Waals surface area contributed by atoms with Gasteiger partial charge in [-0.1, -0.05) is 0 Å². The van der Waals surface area contributed by atoms with Crippen molar-refractivity contribution in [3.05, 3.63) is 0 Å². The fraction of sp³-hybridized carbons (Fsp3) is 1.00. The second-order valence-corrected chi connectivity index (χ2v) is 2.95. The summed E-state index contributed by atoms with van der Waals surface area (Å²) in [5.41, 5.74) is 0. The van der Waals surface area contributed by atoms with Gasteiger partial charge in [0, 0.05) is 0 Å². The number of aliphatic hydroxyl groups is 1. The van der Waals surface area contributed by atoms with Crippen molar-refractivity contribution in [2.24, 2.45) is 0 Å². The van der Waals surface area contributed by atoms with E-state index < -0.39 is 28.6 Å². The molecule has 10 heavy (non-hydrogen) atoms. The molecule has 4 nitrogen and oxygen atoms in total. The molecule has 0 fully saturated rings. The van der Waals surface area contributed by atoms with Crippen LogP contribution in [-0.4, -0.2) is 36.6 Å². The van der Waals surface area contributed by atoms with Gasteiger partial charge in [-0.05, 0) is 0 Å². The van der Waals surface area contributed by atoms with E-state index in [4.69, 9.17) is 5.11 Å². The Morgan fingerprint density at radius 2 is 2.00 bits per heavy atom. The molecule has 1 N–H and O–H groups in total. The number of halogens is 1. The standard InChI is InChI=1S/C3H7FO4S.Na/c4-3(1-5)2-9(6,7)8;/h3,5H,1-2H2,(H,6,7,8);/q;+1/p-1. The fourth-order valence-corrected chi connectivity index (χ4v) is 0.823. The Bertz CT molecular complexity index is 167. The Morgan fingerprint density at radius 3 is 2.10 bits per heavy atom. The Hall–Kier alpha value is 0.800. The molecular formula is C3H6FNaO4S. The summed E-state index contributed by atoms with van der Waals surface area (Å²) < 4.78 is 40.9. The van der Waals surface area contributed by atoms with E-state index in [0.29, 0.717) is 0 Å². The third-order valence-electron chi connectivity index (χ3n) is 0.583. The van der Waals surface area contributed by atoms with E-state index in [-0.39, 0.29) is 29.6 Å². The van der Waals surface area contributed by atoms with E-state index in [1.807, 2.05) is 0 Å². The van der Waals surface area contributed by atoms with Crippen LogP contribution in [0.2, 0.25) is 0 Å². The van der Waals surface area contributed by atoms with Crippen molar-refractivity contribution in [3.63, 3.8) is 0 Å². The third kappa shape index (κ3) is 8.80. The summed E-state index contributed by atoms with van der Waals surface area (Å²) in [6, 6.07) is 0. The first-order valence-electron chi connectivity index (χ1n) is 2.14. The second-order valence-electron chi connectivity index (χ2n) is 1.50. The van der Waals surface area contributed by atoms with Gasteiger partial charge in [-0.15, -0.1) is 0 Å². The van der Waals surface area contributed by atoms with Gasteiger partial charge in [-0.25, -0.2) is 12.8 Å². The number of rotatable bonds is 3. The molecule has 0 aromatic heterocycles. The summed E-state index contributed by atoms with van der Waals surface area (Å²) >= 11 is 0. The van der Waals surface area contributed by atoms with Crippen molar-refractivity contribution in [2.45, 2.75) is 6.17 Å². The normalized spacial score (nSPS) is 13.9. The SMILES string of the molecule is O=S(=O)([O-])CC(F)CO.[Na+]. The summed E-state index contributed by atoms with van der Waals surface area (Å²) in [4.78, 5) is 0. The van der Waals surface area contributed by atoms with Crippen molar-refractivity contribution in [3.8, 4) is 0 Å². The van der Waals surface area contributed by atoms with Crippen LogP contribution < -0.4 is 29.6 Å². The maximum absolute atomic E-state index is 11.8. The number of alkyl halides is 1. The molecular weight excluding hydrogens is 174 g/mol. The molecule has 0 amide bonds. The Labute approximate surface area is 80.5 Å². The maximum Gasteiger partial charge on any atom is 1.00 e. The van der Waals surface area contributed by atoms with Gasteiger partial charge >= 0.3 is 29.6 Å². The first-order valence-corrected chi connectivity index (χ1v) is 3.72. The van der Waals surface area contributed by atoms with Crippen LogP contribution in [0.5, 0.6) is 0 Å². The smallest absolute Gasteiger partial charge is 0.748 e. The molecule has 7 heteroatoms. The molecule has 1 unspecified atom stereocenters. The maximum atomic E-state index is 11.8. The first kappa shape index (κ1) is 13.4. The van der Waals surface area contributed by atoms with Crippen LogP contribution in [0, 0.1) is 0 Å². The minimum atomic E-state index is -4.52. The molecule has 1 atom stereocenters. The number of hydrogen-bond donors (Lipinski definition) is 1. The second kappa shape index (κ2) is 5.45. The predicted molar refractivity (Wildman–Crippen MR) is 26.5 cm³/mol. The zero-order chi connectivity index (χ0) is 7.49. The van der Waals surface area contributed by atoms with Gasteiger partial charge in [0.05, 0.1) is 22.5 Å². The van der Waals surface area contributed by atoms with Gasteiger partial charge in [0.25, 0.3) is 0 Å². The van der Waals surface area contributed by atoms with Crippen molar-refractivity contribution >= 4 is 10.1 Å². The summed E-state index contributed by atoms with van der Waals surface area (Å²) in [6.07, 6.45) is -1.95. The molecule has 0 rings (SSSR count). The van der Waals surface area contributed by atoms with Crippen molar-refractivity contribution in [2.75, 3.05) is 12.4 Å². The first-order chi connectivity index (χ1) is 3.95. The van der Waals surface area contributed by atoms with E-state index in [1.54, 1.807) is 0 Å². The minimum absolute atomic E-state index is 0. The van der Waals surface area contributed by atoms with Gasteiger partial charge in [0.1, 0.15) is 6.17 Å². The van der Waals surface area contributed by atoms with Crippen LogP contribution >= 0.6 is 0 Å². The summed E-state index contributed by atoms with van der Waals surface area (Å²) in [5, 5.41) is 7.92. The average Bonchev–Trinajstić information content (AvgIpc) is 1.62. The fourth-order valence-electron chi connectivity index (χ4n) is 0.274. The topological polar surface area (TPSA) is 77.4 Å². The zero-order valence-electron chi connectivity index (χ0n) is 5.45. The van der Waals surface area contributed by atoms with Crippen LogP contribution in [0.1, 0.15) is 0 Å². The van der Waals surface area contributed by atoms with Crippen molar-refractivity contribution in [1.29, 1.82) is 0 Å². The van der Waals surface area contributed by atoms with Gasteiger partial charge in [0.15, 0.2) is 0 Å². The van der Waals surface area contributed by atoms with Crippen LogP contribution in [0.4, 0.5) is 4.39 Å². The van der Waals surface area contributed by atoms with Gasteiger partial charge in [-0.2, -0.15) is 0 Å². The Kier molecular flexibility index (Phi) is 7.30. The molecule has 0 aromatic carbocycles. The third-order valence-corrected chi connectivity index (χ3v) is 1.35. The van der Waals surface area contributed by atoms with Gasteiger partial charge < -0.3 is 9.66 Å². The van der Waals surface area contributed by atoms with Crippen LogP contribution in [0.15, 0.2) is 0 Å². The summed E-state index contributed by atoms with van der Waals surface area (Å²) in [7, 11) is -4.52. The molecule has 0 radical (unpaired) electrons. The predicted octanol–water partition coefficient (Wildman–Crippen LogP) is -4.13. The molecule has 0 bridgehead atoms. The average molecular weight is 180 g/mol. The minimum Gasteiger partial charge on any atom is -0.748 e. The Balaban J connectivity index is 0. The van der Waals surface area contributed by atoms with E-state index in [1.165, 1.54) is 0 Å². The van der Waals surface area contributed by atoms with Crippen LogP contribution in [0.25, 0.3) is 0 Å². The molecule has 0 saturated heterocycles. The van der Waals surface area contributed by atoms with E-state index in [0.717, 1.165) is 0 Å². The molecule has 0 aliphatic heterocycles. The van der Waals surface area contributed by atoms with Gasteiger partial charge in [0.2, 0.25) is 0 Å². The molecule has 56 valence electrons. The van der Waals surface area contributed by atoms with Crippen molar-refractivity contribution in [1.82, 2.24) is 0 Å². The van der Waals surface area contributed by atoms with Crippen LogP contribution in [-0.2, 0) is 10.1 Å². The molecule has 0 saturated carbocycles. The molecule has 0 aromatic rings.